The molecule has 14 heteroatoms. The van der Waals surface area contributed by atoms with E-state index in [0.717, 1.165) is 30.5 Å². The summed E-state index contributed by atoms with van der Waals surface area (Å²) < 4.78 is 60.2. The highest BCUT2D eigenvalue weighted by Gasteiger charge is 2.55. The Bertz CT molecular complexity index is 2800. The minimum Gasteiger partial charge on any atom is -0.465 e. The van der Waals surface area contributed by atoms with Gasteiger partial charge in [-0.1, -0.05) is 72.7 Å². The maximum absolute atomic E-state index is 17.8. The minimum absolute atomic E-state index is 0.0589. The molecule has 4 aromatic carbocycles. The zero-order valence-electron chi connectivity index (χ0n) is 34.6. The number of piperazine rings is 1. The first kappa shape index (κ1) is 40.5. The van der Waals surface area contributed by atoms with Gasteiger partial charge in [-0.05, 0) is 55.8 Å². The molecular formula is C49H44F3N7O4. The van der Waals surface area contributed by atoms with Crippen LogP contribution in [0.25, 0.3) is 32.9 Å². The minimum atomic E-state index is -1.03. The van der Waals surface area contributed by atoms with E-state index in [2.05, 4.69) is 15.8 Å². The van der Waals surface area contributed by atoms with Crippen molar-refractivity contribution in [3.8, 4) is 29.6 Å². The molecule has 0 radical (unpaired) electrons. The van der Waals surface area contributed by atoms with Gasteiger partial charge in [0.15, 0.2) is 5.82 Å². The molecule has 4 saturated heterocycles. The number of hydrogen-bond donors (Lipinski definition) is 1. The Kier molecular flexibility index (Phi) is 10.3. The number of hydrogen-bond acceptors (Lipinski definition) is 9. The van der Waals surface area contributed by atoms with E-state index in [1.807, 2.05) is 65.6 Å². The second kappa shape index (κ2) is 16.0. The number of terminal acetylenes is 1. The lowest BCUT2D eigenvalue weighted by Gasteiger charge is -2.47. The molecule has 1 amide bonds. The van der Waals surface area contributed by atoms with Crippen LogP contribution in [-0.2, 0) is 4.74 Å². The third-order valence-corrected chi connectivity index (χ3v) is 13.3. The number of fused-ring (bicyclic) bond motifs is 5. The molecule has 320 valence electrons. The number of rotatable bonds is 10. The van der Waals surface area contributed by atoms with Gasteiger partial charge in [0.05, 0.1) is 46.1 Å². The maximum atomic E-state index is 17.8. The largest absolute Gasteiger partial charge is 0.465 e. The number of carboxylic acid groups (broad SMARTS) is 1. The number of carbonyl (C=O) groups is 1. The van der Waals surface area contributed by atoms with Gasteiger partial charge >= 0.3 is 12.1 Å². The van der Waals surface area contributed by atoms with Crippen LogP contribution in [-0.4, -0.2) is 111 Å². The lowest BCUT2D eigenvalue weighted by molar-refractivity contribution is 0.0178. The number of aromatic nitrogens is 3. The van der Waals surface area contributed by atoms with Gasteiger partial charge in [0.1, 0.15) is 35.6 Å². The van der Waals surface area contributed by atoms with Crippen molar-refractivity contribution in [2.24, 2.45) is 4.99 Å². The fourth-order valence-corrected chi connectivity index (χ4v) is 10.6. The van der Waals surface area contributed by atoms with Crippen molar-refractivity contribution >= 4 is 45.0 Å². The number of halogens is 3. The predicted molar refractivity (Wildman–Crippen MR) is 235 cm³/mol. The SMILES string of the molecule is C#Cc1c(F)ccc2cc(N=C(c3ccccc3)c3ccccc3)cc(-c3ncc4c(N5C[C@@H]6CC[C@](COC)(C5)N6C(=O)O)nc(OC[C@@]56CCCN5C[C@H](F)C6)nc4c3F)c12. The number of anilines is 1. The summed E-state index contributed by atoms with van der Waals surface area (Å²) in [6, 6.07) is 25.2. The number of pyridine rings is 1. The first-order valence-corrected chi connectivity index (χ1v) is 21.2. The fourth-order valence-electron chi connectivity index (χ4n) is 10.6. The smallest absolute Gasteiger partial charge is 0.408 e. The molecule has 4 atom stereocenters. The molecule has 0 unspecified atom stereocenters. The van der Waals surface area contributed by atoms with Crippen molar-refractivity contribution < 1.29 is 32.5 Å². The van der Waals surface area contributed by atoms with Gasteiger partial charge in [0.2, 0.25) is 0 Å². The molecular weight excluding hydrogens is 808 g/mol. The monoisotopic (exact) mass is 851 g/mol. The summed E-state index contributed by atoms with van der Waals surface area (Å²) in [5.74, 6) is 1.32. The second-order valence-corrected chi connectivity index (χ2v) is 17.1. The molecule has 63 heavy (non-hydrogen) atoms. The van der Waals surface area contributed by atoms with Crippen LogP contribution in [0.1, 0.15) is 48.8 Å². The van der Waals surface area contributed by atoms with Crippen LogP contribution < -0.4 is 9.64 Å². The third kappa shape index (κ3) is 7.00. The van der Waals surface area contributed by atoms with Crippen LogP contribution in [0.15, 0.2) is 96.1 Å². The summed E-state index contributed by atoms with van der Waals surface area (Å²) in [7, 11) is 1.54. The highest BCUT2D eigenvalue weighted by molar-refractivity contribution is 6.14. The molecule has 10 rings (SSSR count). The van der Waals surface area contributed by atoms with E-state index >= 15 is 8.78 Å². The summed E-state index contributed by atoms with van der Waals surface area (Å²) in [5, 5.41) is 11.4. The lowest BCUT2D eigenvalue weighted by Crippen LogP contribution is -2.65. The Morgan fingerprint density at radius 1 is 0.984 bits per heavy atom. The first-order chi connectivity index (χ1) is 30.6. The van der Waals surface area contributed by atoms with Gasteiger partial charge in [-0.2, -0.15) is 9.97 Å². The highest BCUT2D eigenvalue weighted by Crippen LogP contribution is 2.45. The standard InChI is InChI=1S/C49H44F3N7O4/c1-3-36-39(51)16-15-32-21-34(54-42(30-11-6-4-7-12-30)31-13-8-5-9-14-31)22-37(40(32)36)43-41(52)44-38(24-53-43)45(57-26-35-17-19-49(27-57,28-62-2)59(35)47(60)61)56-46(55-44)63-29-48-18-10-20-58(48)25-33(50)23-48/h1,4-9,11-16,21-22,24,33,35H,10,17-20,23,25-29H2,2H3,(H,60,61)/t33-,35+,48+,49-/m1/s1. The predicted octanol–water partition coefficient (Wildman–Crippen LogP) is 8.58. The molecule has 4 aliphatic rings. The summed E-state index contributed by atoms with van der Waals surface area (Å²) in [5.41, 5.74) is 1.28. The van der Waals surface area contributed by atoms with E-state index in [9.17, 15) is 14.3 Å². The highest BCUT2D eigenvalue weighted by atomic mass is 19.1. The Hall–Kier alpha value is -6.56. The number of alkyl halides is 1. The molecule has 4 aliphatic heterocycles. The summed E-state index contributed by atoms with van der Waals surface area (Å²) in [6.07, 6.45) is 8.53. The lowest BCUT2D eigenvalue weighted by atomic mass is 9.94. The zero-order chi connectivity index (χ0) is 43.5. The van der Waals surface area contributed by atoms with Crippen LogP contribution in [0, 0.1) is 24.0 Å². The molecule has 2 bridgehead atoms. The van der Waals surface area contributed by atoms with E-state index in [-0.39, 0.29) is 71.5 Å². The summed E-state index contributed by atoms with van der Waals surface area (Å²) in [4.78, 5) is 37.6. The van der Waals surface area contributed by atoms with Gasteiger partial charge in [0.25, 0.3) is 0 Å². The number of ether oxygens (including phenoxy) is 2. The summed E-state index contributed by atoms with van der Waals surface area (Å²) >= 11 is 0. The normalized spacial score (nSPS) is 23.0. The van der Waals surface area contributed by atoms with Crippen molar-refractivity contribution in [2.75, 3.05) is 51.4 Å². The van der Waals surface area contributed by atoms with Gasteiger partial charge in [0, 0.05) is 61.4 Å². The van der Waals surface area contributed by atoms with Crippen LogP contribution in [0.5, 0.6) is 6.01 Å². The number of nitrogens with zero attached hydrogens (tertiary/aromatic N) is 7. The van der Waals surface area contributed by atoms with Crippen LogP contribution in [0.4, 0.5) is 29.5 Å². The molecule has 6 heterocycles. The van der Waals surface area contributed by atoms with Gasteiger partial charge < -0.3 is 19.5 Å². The average Bonchev–Trinajstić information content (AvgIpc) is 3.90. The fraction of sp³-hybridized carbons (Fsp3) is 0.327. The van der Waals surface area contributed by atoms with E-state index < -0.39 is 35.0 Å². The number of methoxy groups -OCH3 is 1. The van der Waals surface area contributed by atoms with E-state index in [0.29, 0.717) is 48.4 Å². The van der Waals surface area contributed by atoms with Crippen molar-refractivity contribution in [1.82, 2.24) is 24.8 Å². The van der Waals surface area contributed by atoms with Crippen molar-refractivity contribution in [1.29, 1.82) is 0 Å². The van der Waals surface area contributed by atoms with Crippen molar-refractivity contribution in [3.63, 3.8) is 0 Å². The number of amides is 1. The molecule has 0 spiro atoms. The van der Waals surface area contributed by atoms with Gasteiger partial charge in [-0.15, -0.1) is 6.42 Å². The van der Waals surface area contributed by atoms with Crippen molar-refractivity contribution in [2.45, 2.75) is 55.4 Å². The van der Waals surface area contributed by atoms with Crippen molar-refractivity contribution in [3.05, 3.63) is 119 Å². The van der Waals surface area contributed by atoms with E-state index in [1.165, 1.54) is 24.3 Å². The molecule has 4 fully saturated rings. The van der Waals surface area contributed by atoms with Gasteiger partial charge in [-0.3, -0.25) is 14.8 Å². The Labute approximate surface area is 362 Å². The van der Waals surface area contributed by atoms with Crippen LogP contribution >= 0.6 is 0 Å². The quantitative estimate of drug-likeness (QED) is 0.107. The Balaban J connectivity index is 1.16. The molecule has 1 N–H and O–H groups in total. The third-order valence-electron chi connectivity index (χ3n) is 13.3. The Morgan fingerprint density at radius 3 is 2.46 bits per heavy atom. The molecule has 0 aliphatic carbocycles. The second-order valence-electron chi connectivity index (χ2n) is 17.1. The first-order valence-electron chi connectivity index (χ1n) is 21.2. The molecule has 0 saturated carbocycles. The molecule has 11 nitrogen and oxygen atoms in total. The maximum Gasteiger partial charge on any atom is 0.408 e. The van der Waals surface area contributed by atoms with Crippen LogP contribution in [0.3, 0.4) is 0 Å². The van der Waals surface area contributed by atoms with E-state index in [4.69, 9.17) is 30.9 Å². The number of aliphatic imine (C=N–C) groups is 1. The molecule has 2 aromatic heterocycles. The summed E-state index contributed by atoms with van der Waals surface area (Å²) in [6.45, 7) is 1.80. The average molecular weight is 852 g/mol. The van der Waals surface area contributed by atoms with Crippen LogP contribution in [0.2, 0.25) is 0 Å². The molecule has 6 aromatic rings. The topological polar surface area (TPSA) is 117 Å². The number of benzene rings is 4. The Morgan fingerprint density at radius 2 is 1.75 bits per heavy atom. The zero-order valence-corrected chi connectivity index (χ0v) is 34.6. The van der Waals surface area contributed by atoms with Gasteiger partial charge in [-0.25, -0.2) is 23.0 Å². The van der Waals surface area contributed by atoms with E-state index in [1.54, 1.807) is 18.2 Å².